The van der Waals surface area contributed by atoms with Crippen molar-refractivity contribution >= 4 is 23.3 Å². The maximum atomic E-state index is 12.5. The van der Waals surface area contributed by atoms with Crippen molar-refractivity contribution in [2.45, 2.75) is 38.7 Å². The van der Waals surface area contributed by atoms with Crippen molar-refractivity contribution in [1.29, 1.82) is 0 Å². The number of rotatable bonds is 3. The second-order valence-corrected chi connectivity index (χ2v) is 7.11. The van der Waals surface area contributed by atoms with E-state index in [9.17, 15) is 14.7 Å². The van der Waals surface area contributed by atoms with Crippen LogP contribution in [0.25, 0.3) is 0 Å². The summed E-state index contributed by atoms with van der Waals surface area (Å²) in [6, 6.07) is 5.23. The zero-order chi connectivity index (χ0) is 18.5. The molecule has 2 fully saturated rings. The SMILES string of the molecule is Cc1ccc(NC(=O)C2CCCC2)cc1NC(=O)N1CCOCC(O)C1. The number of benzene rings is 1. The molecule has 0 bridgehead atoms. The topological polar surface area (TPSA) is 90.9 Å². The molecule has 1 aromatic carbocycles. The number of nitrogens with zero attached hydrogens (tertiary/aromatic N) is 1. The van der Waals surface area contributed by atoms with Crippen LogP contribution >= 0.6 is 0 Å². The Labute approximate surface area is 153 Å². The van der Waals surface area contributed by atoms with Crippen LogP contribution in [0.2, 0.25) is 0 Å². The van der Waals surface area contributed by atoms with Gasteiger partial charge in [0.15, 0.2) is 0 Å². The summed E-state index contributed by atoms with van der Waals surface area (Å²) in [7, 11) is 0. The first-order valence-corrected chi connectivity index (χ1v) is 9.26. The number of carbonyl (C=O) groups is 2. The highest BCUT2D eigenvalue weighted by atomic mass is 16.5. The number of urea groups is 1. The third kappa shape index (κ3) is 4.74. The molecule has 26 heavy (non-hydrogen) atoms. The van der Waals surface area contributed by atoms with Crippen LogP contribution in [0, 0.1) is 12.8 Å². The van der Waals surface area contributed by atoms with E-state index in [1.54, 1.807) is 11.0 Å². The second kappa shape index (κ2) is 8.51. The van der Waals surface area contributed by atoms with Gasteiger partial charge in [0, 0.05) is 23.8 Å². The number of aliphatic hydroxyl groups is 1. The Kier molecular flexibility index (Phi) is 6.11. The maximum Gasteiger partial charge on any atom is 0.322 e. The molecular weight excluding hydrogens is 334 g/mol. The van der Waals surface area contributed by atoms with Crippen LogP contribution in [-0.4, -0.2) is 54.4 Å². The smallest absolute Gasteiger partial charge is 0.322 e. The van der Waals surface area contributed by atoms with Gasteiger partial charge in [-0.15, -0.1) is 0 Å². The molecule has 0 spiro atoms. The molecule has 1 saturated carbocycles. The Balaban J connectivity index is 1.65. The molecule has 142 valence electrons. The molecule has 1 saturated heterocycles. The van der Waals surface area contributed by atoms with Gasteiger partial charge in [-0.1, -0.05) is 18.9 Å². The Morgan fingerprint density at radius 2 is 2.00 bits per heavy atom. The van der Waals surface area contributed by atoms with Gasteiger partial charge in [0.25, 0.3) is 0 Å². The van der Waals surface area contributed by atoms with Crippen molar-refractivity contribution < 1.29 is 19.4 Å². The van der Waals surface area contributed by atoms with Crippen molar-refractivity contribution in [3.8, 4) is 0 Å². The summed E-state index contributed by atoms with van der Waals surface area (Å²) in [4.78, 5) is 26.4. The van der Waals surface area contributed by atoms with Gasteiger partial charge in [0.05, 0.1) is 25.9 Å². The quantitative estimate of drug-likeness (QED) is 0.771. The lowest BCUT2D eigenvalue weighted by atomic mass is 10.1. The molecule has 2 aliphatic rings. The highest BCUT2D eigenvalue weighted by Crippen LogP contribution is 2.27. The molecule has 7 heteroatoms. The van der Waals surface area contributed by atoms with E-state index in [0.29, 0.717) is 24.5 Å². The number of anilines is 2. The molecule has 1 heterocycles. The average Bonchev–Trinajstić information content (AvgIpc) is 3.06. The number of ether oxygens (including phenoxy) is 1. The Morgan fingerprint density at radius 3 is 2.77 bits per heavy atom. The summed E-state index contributed by atoms with van der Waals surface area (Å²) in [5, 5.41) is 15.6. The number of amides is 3. The highest BCUT2D eigenvalue weighted by molar-refractivity contribution is 5.95. The summed E-state index contributed by atoms with van der Waals surface area (Å²) < 4.78 is 5.25. The normalized spacial score (nSPS) is 21.3. The van der Waals surface area contributed by atoms with Gasteiger partial charge in [0.1, 0.15) is 0 Å². The van der Waals surface area contributed by atoms with Crippen LogP contribution in [0.5, 0.6) is 0 Å². The van der Waals surface area contributed by atoms with Gasteiger partial charge in [-0.2, -0.15) is 0 Å². The van der Waals surface area contributed by atoms with E-state index < -0.39 is 6.10 Å². The number of aliphatic hydroxyl groups excluding tert-OH is 1. The standard InChI is InChI=1S/C19H27N3O4/c1-13-6-7-15(20-18(24)14-4-2-3-5-14)10-17(13)21-19(25)22-8-9-26-12-16(23)11-22/h6-7,10,14,16,23H,2-5,8-9,11-12H2,1H3,(H,20,24)(H,21,25). The van der Waals surface area contributed by atoms with Gasteiger partial charge < -0.3 is 25.4 Å². The first kappa shape index (κ1) is 18.7. The van der Waals surface area contributed by atoms with E-state index in [2.05, 4.69) is 10.6 Å². The highest BCUT2D eigenvalue weighted by Gasteiger charge is 2.23. The minimum absolute atomic E-state index is 0.0522. The van der Waals surface area contributed by atoms with Crippen LogP contribution in [0.3, 0.4) is 0 Å². The van der Waals surface area contributed by atoms with Gasteiger partial charge in [-0.25, -0.2) is 4.79 Å². The summed E-state index contributed by atoms with van der Waals surface area (Å²) in [5.41, 5.74) is 2.24. The van der Waals surface area contributed by atoms with Gasteiger partial charge >= 0.3 is 6.03 Å². The zero-order valence-corrected chi connectivity index (χ0v) is 15.2. The van der Waals surface area contributed by atoms with Crippen molar-refractivity contribution in [3.63, 3.8) is 0 Å². The van der Waals surface area contributed by atoms with E-state index in [0.717, 1.165) is 31.2 Å². The third-order valence-corrected chi connectivity index (χ3v) is 5.01. The molecule has 3 amide bonds. The summed E-state index contributed by atoms with van der Waals surface area (Å²) >= 11 is 0. The molecule has 3 N–H and O–H groups in total. The van der Waals surface area contributed by atoms with Crippen molar-refractivity contribution in [2.24, 2.45) is 5.92 Å². The summed E-state index contributed by atoms with van der Waals surface area (Å²) in [6.07, 6.45) is 3.43. The number of hydrogen-bond acceptors (Lipinski definition) is 4. The monoisotopic (exact) mass is 361 g/mol. The minimum atomic E-state index is -0.679. The van der Waals surface area contributed by atoms with Crippen molar-refractivity contribution in [3.05, 3.63) is 23.8 Å². The number of aryl methyl sites for hydroxylation is 1. The van der Waals surface area contributed by atoms with E-state index in [1.807, 2.05) is 19.1 Å². The molecule has 0 radical (unpaired) electrons. The molecule has 1 atom stereocenters. The fraction of sp³-hybridized carbons (Fsp3) is 0.579. The Hall–Kier alpha value is -2.12. The fourth-order valence-corrected chi connectivity index (χ4v) is 3.44. The first-order valence-electron chi connectivity index (χ1n) is 9.26. The molecule has 3 rings (SSSR count). The summed E-state index contributed by atoms with van der Waals surface area (Å²) in [6.45, 7) is 3.22. The van der Waals surface area contributed by atoms with Crippen LogP contribution in [0.4, 0.5) is 16.2 Å². The molecule has 0 aromatic heterocycles. The van der Waals surface area contributed by atoms with Crippen molar-refractivity contribution in [1.82, 2.24) is 4.90 Å². The lowest BCUT2D eigenvalue weighted by Gasteiger charge is -2.22. The lowest BCUT2D eigenvalue weighted by molar-refractivity contribution is -0.119. The minimum Gasteiger partial charge on any atom is -0.389 e. The number of β-amino-alcohol motifs (C(OH)–C–C–N with tert-alkyl or cyclic N) is 1. The van der Waals surface area contributed by atoms with Crippen LogP contribution in [-0.2, 0) is 9.53 Å². The van der Waals surface area contributed by atoms with Crippen LogP contribution < -0.4 is 10.6 Å². The number of carbonyl (C=O) groups excluding carboxylic acids is 2. The molecule has 1 aromatic rings. The molecular formula is C19H27N3O4. The predicted octanol–water partition coefficient (Wildman–Crippen LogP) is 2.35. The van der Waals surface area contributed by atoms with Crippen LogP contribution in [0.15, 0.2) is 18.2 Å². The molecule has 7 nitrogen and oxygen atoms in total. The fourth-order valence-electron chi connectivity index (χ4n) is 3.44. The van der Waals surface area contributed by atoms with Gasteiger partial charge in [-0.3, -0.25) is 4.79 Å². The molecule has 1 aliphatic carbocycles. The lowest BCUT2D eigenvalue weighted by Crippen LogP contribution is -2.40. The van der Waals surface area contributed by atoms with Crippen LogP contribution in [0.1, 0.15) is 31.2 Å². The van der Waals surface area contributed by atoms with E-state index in [-0.39, 0.29) is 31.0 Å². The zero-order valence-electron chi connectivity index (χ0n) is 15.2. The first-order chi connectivity index (χ1) is 12.5. The maximum absolute atomic E-state index is 12.5. The third-order valence-electron chi connectivity index (χ3n) is 5.01. The average molecular weight is 361 g/mol. The predicted molar refractivity (Wildman–Crippen MR) is 99.2 cm³/mol. The molecule has 1 aliphatic heterocycles. The van der Waals surface area contributed by atoms with E-state index in [4.69, 9.17) is 4.74 Å². The second-order valence-electron chi connectivity index (χ2n) is 7.11. The molecule has 1 unspecified atom stereocenters. The number of nitrogens with one attached hydrogen (secondary N) is 2. The van der Waals surface area contributed by atoms with Crippen molar-refractivity contribution in [2.75, 3.05) is 36.9 Å². The Morgan fingerprint density at radius 1 is 1.23 bits per heavy atom. The van der Waals surface area contributed by atoms with Gasteiger partial charge in [0.2, 0.25) is 5.91 Å². The van der Waals surface area contributed by atoms with Gasteiger partial charge in [-0.05, 0) is 37.5 Å². The van der Waals surface area contributed by atoms with E-state index >= 15 is 0 Å². The largest absolute Gasteiger partial charge is 0.389 e. The number of hydrogen-bond donors (Lipinski definition) is 3. The van der Waals surface area contributed by atoms with E-state index in [1.165, 1.54) is 0 Å². The summed E-state index contributed by atoms with van der Waals surface area (Å²) in [5.74, 6) is 0.143. The Bertz CT molecular complexity index is 658.